The van der Waals surface area contributed by atoms with E-state index in [2.05, 4.69) is 0 Å². The molecule has 2 aromatic rings. The number of carbonyl (C=O) groups is 4. The van der Waals surface area contributed by atoms with Crippen LogP contribution in [0.1, 0.15) is 49.1 Å². The van der Waals surface area contributed by atoms with E-state index < -0.39 is 30.4 Å². The van der Waals surface area contributed by atoms with Gasteiger partial charge in [0.1, 0.15) is 6.54 Å². The number of rotatable bonds is 5. The van der Waals surface area contributed by atoms with Crippen LogP contribution < -0.4 is 0 Å². The topological polar surface area (TPSA) is 80.8 Å². The number of Topliss-reactive ketones (excluding diaryl/α,β-unsaturated/α-hetero) is 1. The number of nitrogens with zero attached hydrogens (tertiary/aromatic N) is 1. The van der Waals surface area contributed by atoms with Gasteiger partial charge in [-0.05, 0) is 44.5 Å². The van der Waals surface area contributed by atoms with Gasteiger partial charge in [-0.15, -0.1) is 0 Å². The van der Waals surface area contributed by atoms with Gasteiger partial charge in [0.2, 0.25) is 5.78 Å². The van der Waals surface area contributed by atoms with Gasteiger partial charge in [0.15, 0.2) is 6.10 Å². The second-order valence-corrected chi connectivity index (χ2v) is 6.56. The third-order valence-corrected chi connectivity index (χ3v) is 4.50. The lowest BCUT2D eigenvalue weighted by atomic mass is 9.99. The second-order valence-electron chi connectivity index (χ2n) is 6.56. The van der Waals surface area contributed by atoms with Gasteiger partial charge in [0.05, 0.1) is 11.1 Å². The van der Waals surface area contributed by atoms with Crippen LogP contribution in [0.25, 0.3) is 0 Å². The zero-order chi connectivity index (χ0) is 19.7. The summed E-state index contributed by atoms with van der Waals surface area (Å²) in [5.41, 5.74) is 2.71. The van der Waals surface area contributed by atoms with E-state index in [0.29, 0.717) is 5.56 Å². The van der Waals surface area contributed by atoms with E-state index in [0.717, 1.165) is 16.0 Å². The van der Waals surface area contributed by atoms with Crippen molar-refractivity contribution in [3.05, 3.63) is 70.3 Å². The molecule has 138 valence electrons. The first-order chi connectivity index (χ1) is 12.8. The number of hydrogen-bond acceptors (Lipinski definition) is 5. The van der Waals surface area contributed by atoms with Crippen molar-refractivity contribution < 1.29 is 23.9 Å². The van der Waals surface area contributed by atoms with E-state index in [1.165, 1.54) is 19.1 Å². The summed E-state index contributed by atoms with van der Waals surface area (Å²) >= 11 is 0. The van der Waals surface area contributed by atoms with Crippen LogP contribution in [0.5, 0.6) is 0 Å². The highest BCUT2D eigenvalue weighted by atomic mass is 16.5. The van der Waals surface area contributed by atoms with Crippen LogP contribution in [0, 0.1) is 13.8 Å². The normalized spacial score (nSPS) is 14.1. The van der Waals surface area contributed by atoms with Crippen molar-refractivity contribution in [3.63, 3.8) is 0 Å². The maximum absolute atomic E-state index is 12.6. The molecular formula is C21H19NO5. The summed E-state index contributed by atoms with van der Waals surface area (Å²) in [4.78, 5) is 50.2. The average Bonchev–Trinajstić information content (AvgIpc) is 2.88. The number of hydrogen-bond donors (Lipinski definition) is 0. The molecule has 2 amide bonds. The van der Waals surface area contributed by atoms with Crippen molar-refractivity contribution in [2.24, 2.45) is 0 Å². The molecule has 0 N–H and O–H groups in total. The first kappa shape index (κ1) is 18.5. The molecule has 1 aliphatic heterocycles. The number of esters is 1. The van der Waals surface area contributed by atoms with Crippen molar-refractivity contribution in [2.45, 2.75) is 26.9 Å². The molecule has 6 heteroatoms. The van der Waals surface area contributed by atoms with Crippen LogP contribution in [0.4, 0.5) is 0 Å². The van der Waals surface area contributed by atoms with Crippen molar-refractivity contribution in [1.82, 2.24) is 4.90 Å². The van der Waals surface area contributed by atoms with Crippen molar-refractivity contribution in [2.75, 3.05) is 6.54 Å². The zero-order valence-corrected chi connectivity index (χ0v) is 15.3. The molecule has 0 saturated heterocycles. The fourth-order valence-electron chi connectivity index (χ4n) is 3.02. The minimum atomic E-state index is -1.02. The maximum atomic E-state index is 12.6. The number of amides is 2. The van der Waals surface area contributed by atoms with Gasteiger partial charge < -0.3 is 4.74 Å². The van der Waals surface area contributed by atoms with Crippen LogP contribution >= 0.6 is 0 Å². The number of benzene rings is 2. The summed E-state index contributed by atoms with van der Waals surface area (Å²) in [6, 6.07) is 11.8. The Bertz CT molecular complexity index is 928. The number of carbonyl (C=O) groups excluding carboxylic acids is 4. The predicted octanol–water partition coefficient (Wildman–Crippen LogP) is 2.71. The number of ether oxygens (including phenoxy) is 1. The van der Waals surface area contributed by atoms with Crippen molar-refractivity contribution in [3.8, 4) is 0 Å². The second kappa shape index (κ2) is 7.15. The minimum absolute atomic E-state index is 0.259. The summed E-state index contributed by atoms with van der Waals surface area (Å²) in [6.45, 7) is 4.62. The largest absolute Gasteiger partial charge is 0.453 e. The average molecular weight is 365 g/mol. The third kappa shape index (κ3) is 3.51. The fourth-order valence-corrected chi connectivity index (χ4v) is 3.02. The molecule has 0 bridgehead atoms. The molecule has 3 rings (SSSR count). The summed E-state index contributed by atoms with van der Waals surface area (Å²) in [7, 11) is 0. The molecule has 1 heterocycles. The first-order valence-electron chi connectivity index (χ1n) is 8.55. The van der Waals surface area contributed by atoms with E-state index in [-0.39, 0.29) is 16.9 Å². The molecule has 1 aliphatic rings. The number of aryl methyl sites for hydroxylation is 2. The Hall–Kier alpha value is -3.28. The van der Waals surface area contributed by atoms with Crippen LogP contribution in [-0.2, 0) is 9.53 Å². The zero-order valence-electron chi connectivity index (χ0n) is 15.3. The quantitative estimate of drug-likeness (QED) is 0.462. The third-order valence-electron chi connectivity index (χ3n) is 4.50. The maximum Gasteiger partial charge on any atom is 0.326 e. The van der Waals surface area contributed by atoms with Gasteiger partial charge in [-0.25, -0.2) is 0 Å². The van der Waals surface area contributed by atoms with Crippen LogP contribution in [0.15, 0.2) is 42.5 Å². The SMILES string of the molecule is Cc1ccc(C)c(C(=O)[C@H](C)OC(=O)CN2C(=O)c3ccccc3C2=O)c1. The summed E-state index contributed by atoms with van der Waals surface area (Å²) in [5.74, 6) is -2.22. The van der Waals surface area contributed by atoms with E-state index in [9.17, 15) is 19.2 Å². The van der Waals surface area contributed by atoms with Crippen molar-refractivity contribution in [1.29, 1.82) is 0 Å². The standard InChI is InChI=1S/C21H19NO5/c1-12-8-9-13(2)17(10-12)19(24)14(3)27-18(23)11-22-20(25)15-6-4-5-7-16(15)21(22)26/h4-10,14H,11H2,1-3H3/t14-/m0/s1. The highest BCUT2D eigenvalue weighted by molar-refractivity contribution is 6.22. The van der Waals surface area contributed by atoms with Crippen LogP contribution in [0.2, 0.25) is 0 Å². The molecule has 0 aliphatic carbocycles. The summed E-state index contributed by atoms with van der Waals surface area (Å²) in [6.07, 6.45) is -1.02. The first-order valence-corrected chi connectivity index (χ1v) is 8.55. The van der Waals surface area contributed by atoms with Crippen LogP contribution in [-0.4, -0.2) is 41.1 Å². The molecule has 0 spiro atoms. The molecule has 0 unspecified atom stereocenters. The Morgan fingerprint density at radius 1 is 1.00 bits per heavy atom. The molecule has 1 atom stereocenters. The molecule has 0 fully saturated rings. The lowest BCUT2D eigenvalue weighted by Gasteiger charge is -2.17. The Morgan fingerprint density at radius 2 is 1.59 bits per heavy atom. The Balaban J connectivity index is 1.68. The Kier molecular flexibility index (Phi) is 4.90. The smallest absolute Gasteiger partial charge is 0.326 e. The van der Waals surface area contributed by atoms with Gasteiger partial charge in [0.25, 0.3) is 11.8 Å². The van der Waals surface area contributed by atoms with Gasteiger partial charge in [0, 0.05) is 5.56 Å². The summed E-state index contributed by atoms with van der Waals surface area (Å²) in [5, 5.41) is 0. The van der Waals surface area contributed by atoms with Gasteiger partial charge >= 0.3 is 5.97 Å². The molecule has 0 aromatic heterocycles. The number of fused-ring (bicyclic) bond motifs is 1. The number of ketones is 1. The van der Waals surface area contributed by atoms with Gasteiger partial charge in [-0.2, -0.15) is 0 Å². The molecule has 0 radical (unpaired) electrons. The van der Waals surface area contributed by atoms with Crippen molar-refractivity contribution >= 4 is 23.6 Å². The summed E-state index contributed by atoms with van der Waals surface area (Å²) < 4.78 is 5.18. The number of imide groups is 1. The van der Waals surface area contributed by atoms with E-state index in [1.807, 2.05) is 19.1 Å². The fraction of sp³-hybridized carbons (Fsp3) is 0.238. The van der Waals surface area contributed by atoms with E-state index in [1.54, 1.807) is 25.1 Å². The minimum Gasteiger partial charge on any atom is -0.453 e. The molecule has 27 heavy (non-hydrogen) atoms. The lowest BCUT2D eigenvalue weighted by molar-refractivity contribution is -0.146. The molecular weight excluding hydrogens is 346 g/mol. The Morgan fingerprint density at radius 3 is 2.19 bits per heavy atom. The molecule has 6 nitrogen and oxygen atoms in total. The molecule has 0 saturated carbocycles. The lowest BCUT2D eigenvalue weighted by Crippen LogP contribution is -2.37. The molecule has 2 aromatic carbocycles. The van der Waals surface area contributed by atoms with E-state index >= 15 is 0 Å². The highest BCUT2D eigenvalue weighted by Crippen LogP contribution is 2.22. The Labute approximate surface area is 156 Å². The van der Waals surface area contributed by atoms with E-state index in [4.69, 9.17) is 4.74 Å². The highest BCUT2D eigenvalue weighted by Gasteiger charge is 2.37. The predicted molar refractivity (Wildman–Crippen MR) is 97.6 cm³/mol. The van der Waals surface area contributed by atoms with Crippen LogP contribution in [0.3, 0.4) is 0 Å². The monoisotopic (exact) mass is 365 g/mol. The van der Waals surface area contributed by atoms with Gasteiger partial charge in [-0.1, -0.05) is 29.8 Å². The van der Waals surface area contributed by atoms with Gasteiger partial charge in [-0.3, -0.25) is 24.1 Å².